The molecule has 30 heteroatoms. The summed E-state index contributed by atoms with van der Waals surface area (Å²) < 4.78 is 41.4. The molecule has 24 nitrogen and oxygen atoms in total. The summed E-state index contributed by atoms with van der Waals surface area (Å²) in [5.74, 6) is 1.75. The minimum atomic E-state index is -0.407. The van der Waals surface area contributed by atoms with Gasteiger partial charge in [-0.2, -0.15) is 0 Å². The van der Waals surface area contributed by atoms with E-state index in [9.17, 15) is 13.2 Å². The van der Waals surface area contributed by atoms with Crippen molar-refractivity contribution in [1.82, 2.24) is 89.7 Å². The first-order valence-electron chi connectivity index (χ1n) is 46.3. The first-order chi connectivity index (χ1) is 72.0. The molecule has 12 N–H and O–H groups in total. The molecule has 148 heavy (non-hydrogen) atoms. The van der Waals surface area contributed by atoms with Gasteiger partial charge < -0.3 is 34.4 Å². The molecular formula is C118H86Cl3F3N24. The van der Waals surface area contributed by atoms with E-state index in [4.69, 9.17) is 69.2 Å². The molecule has 0 aliphatic heterocycles. The van der Waals surface area contributed by atoms with Crippen molar-refractivity contribution in [1.29, 1.82) is 0 Å². The molecule has 0 saturated carbocycles. The van der Waals surface area contributed by atoms with Crippen LogP contribution in [0.4, 0.5) is 48.1 Å². The monoisotopic (exact) mass is 2000 g/mol. The van der Waals surface area contributed by atoms with Crippen LogP contribution < -0.4 is 34.4 Å². The number of aromatic nitrogens is 18. The molecule has 0 aliphatic carbocycles. The molecule has 24 rings (SSSR count). The van der Waals surface area contributed by atoms with Crippen LogP contribution in [0.1, 0.15) is 22.3 Å². The fraction of sp³-hybridized carbons (Fsp3) is 0.0339. The molecule has 24 aromatic rings. The van der Waals surface area contributed by atoms with Gasteiger partial charge in [-0.1, -0.05) is 174 Å². The van der Waals surface area contributed by atoms with Gasteiger partial charge in [0, 0.05) is 151 Å². The van der Waals surface area contributed by atoms with Crippen LogP contribution in [0.15, 0.2) is 378 Å². The maximum Gasteiger partial charge on any atom is 0.134 e. The third kappa shape index (κ3) is 21.5. The van der Waals surface area contributed by atoms with Crippen LogP contribution in [0.5, 0.6) is 0 Å². The highest BCUT2D eigenvalue weighted by atomic mass is 35.5. The molecule has 12 heterocycles. The van der Waals surface area contributed by atoms with Crippen LogP contribution in [0.2, 0.25) is 15.1 Å². The van der Waals surface area contributed by atoms with E-state index in [-0.39, 0.29) is 11.6 Å². The largest absolute Gasteiger partial charge is 0.383 e. The van der Waals surface area contributed by atoms with Gasteiger partial charge in [0.25, 0.3) is 0 Å². The van der Waals surface area contributed by atoms with Gasteiger partial charge in [-0.15, -0.1) is 0 Å². The number of fused-ring (bicyclic) bond motifs is 6. The van der Waals surface area contributed by atoms with Crippen molar-refractivity contribution in [2.45, 2.75) is 27.7 Å². The third-order valence-electron chi connectivity index (χ3n) is 24.8. The number of hydrogen-bond donors (Lipinski definition) is 6. The first-order valence-corrected chi connectivity index (χ1v) is 47.4. The standard InChI is InChI=1S/2C20H15ClN4.C20H15FN4.C20H16N4.C19H12ClFN4.C19H13FN4/c1-12-14(4-2-6-17(12)21)19-15(5-3-9-23-19)13-7-8-18-16(10-13)20(22)25-11-24-18;1-12-4-6-14(21)10-16(12)19-15(3-2-8-23-19)13-5-7-18-17(9-13)20(22)25-11-24-18;1-12-4-5-14(10-17(12)21)19-15(3-2-8-23-19)13-6-7-18-16(9-13)20(22)25-11-24-18;1-13-5-2-3-6-15(13)19-16(7-4-10-22-19)14-8-9-18-17(11-14)20(21)24-12-23-18;20-13-6-12(7-14(21)9-13)18-15(2-1-5-23-18)11-3-4-17-16(8-11)19(22)25-10-24-17;20-14-4-1-3-13(9-14)18-15(5-2-8-22-18)12-6-7-17-16(10-12)19(21)24-11-23-17/h3*2-11H,1H3,(H2,22,24,25);2-12H,1H3,(H2,21,23,24);1-10H,(H2,22,24,25);1-11H,(H2,21,23,24). The number of anilines is 6. The average molecular weight is 2000 g/mol. The molecule has 0 saturated heterocycles. The highest BCUT2D eigenvalue weighted by molar-refractivity contribution is 6.32. The van der Waals surface area contributed by atoms with Crippen molar-refractivity contribution in [3.63, 3.8) is 0 Å². The zero-order chi connectivity index (χ0) is 103. The molecular weight excluding hydrogens is 1920 g/mol. The summed E-state index contributed by atoms with van der Waals surface area (Å²) in [5, 5.41) is 6.58. The molecule has 12 aromatic carbocycles. The number of rotatable bonds is 12. The maximum absolute atomic E-state index is 14.0. The predicted octanol–water partition coefficient (Wildman–Crippen LogP) is 27.3. The van der Waals surface area contributed by atoms with Gasteiger partial charge >= 0.3 is 0 Å². The number of hydrogen-bond acceptors (Lipinski definition) is 24. The highest BCUT2D eigenvalue weighted by Crippen LogP contribution is 2.43. The Kier molecular flexibility index (Phi) is 29.0. The Morgan fingerprint density at radius 2 is 0.493 bits per heavy atom. The molecule has 720 valence electrons. The van der Waals surface area contributed by atoms with E-state index in [2.05, 4.69) is 122 Å². The minimum absolute atomic E-state index is 0.245. The summed E-state index contributed by atoms with van der Waals surface area (Å²) in [6.07, 6.45) is 19.2. The average Bonchev–Trinajstić information content (AvgIpc) is 0.791. The van der Waals surface area contributed by atoms with Gasteiger partial charge in [-0.05, 0) is 247 Å². The van der Waals surface area contributed by atoms with Gasteiger partial charge in [0.1, 0.15) is 90.3 Å². The van der Waals surface area contributed by atoms with Crippen molar-refractivity contribution in [2.24, 2.45) is 0 Å². The van der Waals surface area contributed by atoms with E-state index in [1.165, 1.54) is 73.9 Å². The smallest absolute Gasteiger partial charge is 0.134 e. The Morgan fingerprint density at radius 3 is 0.858 bits per heavy atom. The Hall–Kier alpha value is -19.0. The maximum atomic E-state index is 14.0. The van der Waals surface area contributed by atoms with E-state index in [0.29, 0.717) is 67.5 Å². The van der Waals surface area contributed by atoms with E-state index >= 15 is 0 Å². The summed E-state index contributed by atoms with van der Waals surface area (Å²) >= 11 is 18.5. The number of aryl methyl sites for hydroxylation is 3. The lowest BCUT2D eigenvalue weighted by atomic mass is 9.96. The van der Waals surface area contributed by atoms with Crippen LogP contribution in [0, 0.1) is 45.1 Å². The summed E-state index contributed by atoms with van der Waals surface area (Å²) in [6.45, 7) is 7.89. The van der Waals surface area contributed by atoms with Crippen LogP contribution in [-0.4, -0.2) is 89.7 Å². The van der Waals surface area contributed by atoms with Crippen LogP contribution in [0.3, 0.4) is 0 Å². The van der Waals surface area contributed by atoms with Gasteiger partial charge in [-0.25, -0.2) is 73.0 Å². The van der Waals surface area contributed by atoms with Gasteiger partial charge in [0.2, 0.25) is 0 Å². The molecule has 0 unspecified atom stereocenters. The Morgan fingerprint density at radius 1 is 0.196 bits per heavy atom. The molecule has 0 radical (unpaired) electrons. The van der Waals surface area contributed by atoms with E-state index in [0.717, 1.165) is 199 Å². The van der Waals surface area contributed by atoms with E-state index in [1.807, 2.05) is 250 Å². The summed E-state index contributed by atoms with van der Waals surface area (Å²) in [4.78, 5) is 77.0. The normalized spacial score (nSPS) is 10.9. The second kappa shape index (κ2) is 43.9. The Bertz CT molecular complexity index is 9020. The van der Waals surface area contributed by atoms with Crippen molar-refractivity contribution in [2.75, 3.05) is 34.4 Å². The Balaban J connectivity index is 0.000000112. The number of pyridine rings is 6. The molecule has 0 bridgehead atoms. The second-order valence-electron chi connectivity index (χ2n) is 34.2. The number of halogens is 6. The summed E-state index contributed by atoms with van der Waals surface area (Å²) in [6, 6.07) is 94.5. The highest BCUT2D eigenvalue weighted by Gasteiger charge is 2.22. The topological polar surface area (TPSA) is 388 Å². The Labute approximate surface area is 861 Å². The van der Waals surface area contributed by atoms with Gasteiger partial charge in [-0.3, -0.25) is 29.9 Å². The first kappa shape index (κ1) is 97.8. The lowest BCUT2D eigenvalue weighted by molar-refractivity contribution is 0.619. The molecule has 0 amide bonds. The molecule has 0 fully saturated rings. The predicted molar refractivity (Wildman–Crippen MR) is 590 cm³/mol. The number of nitrogen functional groups attached to an aromatic ring is 6. The summed E-state index contributed by atoms with van der Waals surface area (Å²) in [5.41, 5.74) is 66.2. The van der Waals surface area contributed by atoms with Crippen LogP contribution in [-0.2, 0) is 0 Å². The minimum Gasteiger partial charge on any atom is -0.383 e. The quantitative estimate of drug-likeness (QED) is 0.0661. The molecule has 0 atom stereocenters. The molecule has 0 spiro atoms. The van der Waals surface area contributed by atoms with Crippen LogP contribution in [0.25, 0.3) is 200 Å². The molecule has 0 aliphatic rings. The zero-order valence-corrected chi connectivity index (χ0v) is 81.8. The number of benzene rings is 12. The van der Waals surface area contributed by atoms with E-state index < -0.39 is 5.82 Å². The fourth-order valence-corrected chi connectivity index (χ4v) is 17.8. The number of nitrogens with zero attached hydrogens (tertiary/aromatic N) is 18. The van der Waals surface area contributed by atoms with E-state index in [1.54, 1.807) is 56.1 Å². The van der Waals surface area contributed by atoms with Crippen molar-refractivity contribution in [3.05, 3.63) is 433 Å². The SMILES string of the molecule is Cc1c(Cl)cccc1-c1ncccc1-c1ccc2ncnc(N)c2c1.Cc1ccc(-c2ncccc2-c2ccc3ncnc(N)c3c2)cc1F.Cc1ccc(Cl)cc1-c1ncccc1-c1ccc2ncnc(N)c2c1.Cc1ccccc1-c1ncccc1-c1ccc2ncnc(N)c2c1.Nc1ncnc2ccc(-c3cccnc3-c3cc(F)cc(Cl)c3)cc12.Nc1ncnc2ccc(-c3cccnc3-c3cccc(F)c3)cc12. The van der Waals surface area contributed by atoms with Gasteiger partial charge in [0.05, 0.1) is 67.3 Å². The zero-order valence-electron chi connectivity index (χ0n) is 79.6. The lowest BCUT2D eigenvalue weighted by Crippen LogP contribution is -1.95. The number of nitrogens with two attached hydrogens (primary N) is 6. The lowest BCUT2D eigenvalue weighted by Gasteiger charge is -2.13. The van der Waals surface area contributed by atoms with Crippen molar-refractivity contribution >= 4 is 135 Å². The van der Waals surface area contributed by atoms with Gasteiger partial charge in [0.15, 0.2) is 0 Å². The second-order valence-corrected chi connectivity index (χ2v) is 35.4. The van der Waals surface area contributed by atoms with Crippen LogP contribution >= 0.6 is 34.8 Å². The summed E-state index contributed by atoms with van der Waals surface area (Å²) in [7, 11) is 0. The van der Waals surface area contributed by atoms with Crippen molar-refractivity contribution in [3.8, 4) is 134 Å². The third-order valence-corrected chi connectivity index (χ3v) is 25.6. The van der Waals surface area contributed by atoms with Crippen molar-refractivity contribution < 1.29 is 13.2 Å². The fourth-order valence-electron chi connectivity index (χ4n) is 17.2. The molecule has 12 aromatic heterocycles.